The van der Waals surface area contributed by atoms with E-state index in [0.29, 0.717) is 0 Å². The van der Waals surface area contributed by atoms with Crippen LogP contribution in [0, 0.1) is 0 Å². The van der Waals surface area contributed by atoms with E-state index in [1.54, 1.807) is 0 Å². The number of hydrogen-bond donors (Lipinski definition) is 1. The lowest BCUT2D eigenvalue weighted by molar-refractivity contribution is 0.328. The molecular formula is C7H22OSSi2. The van der Waals surface area contributed by atoms with Crippen molar-refractivity contribution in [2.24, 2.45) is 0 Å². The van der Waals surface area contributed by atoms with E-state index in [1.165, 1.54) is 12.5 Å². The summed E-state index contributed by atoms with van der Waals surface area (Å²) in [4.78, 5) is 0. The maximum Gasteiger partial charge on any atom is 0.186 e. The van der Waals surface area contributed by atoms with Gasteiger partial charge in [0.15, 0.2) is 8.32 Å². The Morgan fingerprint density at radius 2 is 1.91 bits per heavy atom. The molecule has 70 valence electrons. The third-order valence-electron chi connectivity index (χ3n) is 1.47. The maximum absolute atomic E-state index is 5.64. The van der Waals surface area contributed by atoms with Crippen LogP contribution in [-0.2, 0) is 4.43 Å². The van der Waals surface area contributed by atoms with Crippen molar-refractivity contribution in [1.82, 2.24) is 0 Å². The topological polar surface area (TPSA) is 9.23 Å². The van der Waals surface area contributed by atoms with Gasteiger partial charge in [0.2, 0.25) is 0 Å². The Morgan fingerprint density at radius 3 is 2.27 bits per heavy atom. The van der Waals surface area contributed by atoms with Crippen molar-refractivity contribution < 1.29 is 4.43 Å². The van der Waals surface area contributed by atoms with Crippen LogP contribution < -0.4 is 0 Å². The molecule has 0 aliphatic carbocycles. The number of rotatable bonds is 5. The van der Waals surface area contributed by atoms with Gasteiger partial charge in [-0.1, -0.05) is 0 Å². The summed E-state index contributed by atoms with van der Waals surface area (Å²) in [7, 11) is -1.27. The van der Waals surface area contributed by atoms with Crippen molar-refractivity contribution in [2.75, 3.05) is 12.4 Å². The fourth-order valence-electron chi connectivity index (χ4n) is 0.968. The summed E-state index contributed by atoms with van der Waals surface area (Å²) >= 11 is 4.17. The molecule has 0 amide bonds. The van der Waals surface area contributed by atoms with Crippen molar-refractivity contribution in [2.45, 2.75) is 32.5 Å². The minimum atomic E-state index is -1.27. The van der Waals surface area contributed by atoms with Crippen LogP contribution in [-0.4, -0.2) is 31.6 Å². The van der Waals surface area contributed by atoms with E-state index in [-0.39, 0.29) is 11.0 Å². The molecule has 0 aromatic rings. The minimum Gasteiger partial charge on any atom is -0.418 e. The highest BCUT2D eigenvalue weighted by Crippen LogP contribution is 2.13. The van der Waals surface area contributed by atoms with E-state index >= 15 is 0 Å². The largest absolute Gasteiger partial charge is 0.418 e. The van der Waals surface area contributed by atoms with Gasteiger partial charge >= 0.3 is 0 Å². The van der Waals surface area contributed by atoms with Gasteiger partial charge in [-0.3, -0.25) is 0 Å². The smallest absolute Gasteiger partial charge is 0.186 e. The molecule has 11 heavy (non-hydrogen) atoms. The molecule has 0 aromatic heterocycles. The summed E-state index contributed by atoms with van der Waals surface area (Å²) in [5, 5.41) is 0. The molecule has 0 N–H and O–H groups in total. The molecule has 0 heterocycles. The van der Waals surface area contributed by atoms with Crippen molar-refractivity contribution in [3.8, 4) is 0 Å². The SMILES string of the molecule is CCO[Si](C)(C)CCCS.[SiH4]. The monoisotopic (exact) mass is 210 g/mol. The second kappa shape index (κ2) is 7.40. The molecule has 0 fully saturated rings. The Labute approximate surface area is 81.5 Å². The first-order valence-electron chi connectivity index (χ1n) is 3.87. The van der Waals surface area contributed by atoms with Crippen LogP contribution >= 0.6 is 12.6 Å². The molecule has 0 spiro atoms. The third kappa shape index (κ3) is 8.65. The summed E-state index contributed by atoms with van der Waals surface area (Å²) in [6.07, 6.45) is 1.20. The first-order valence-corrected chi connectivity index (χ1v) is 7.62. The highest BCUT2D eigenvalue weighted by molar-refractivity contribution is 7.80. The van der Waals surface area contributed by atoms with Gasteiger partial charge in [0, 0.05) is 6.61 Å². The van der Waals surface area contributed by atoms with E-state index in [1.807, 2.05) is 0 Å². The quantitative estimate of drug-likeness (QED) is 0.528. The third-order valence-corrected chi connectivity index (χ3v) is 4.42. The lowest BCUT2D eigenvalue weighted by atomic mass is 10.6. The average molecular weight is 210 g/mol. The normalized spacial score (nSPS) is 10.9. The fourth-order valence-corrected chi connectivity index (χ4v) is 3.38. The Hall–Kier alpha value is 0.744. The van der Waals surface area contributed by atoms with Gasteiger partial charge in [0.1, 0.15) is 0 Å². The van der Waals surface area contributed by atoms with Crippen LogP contribution in [0.25, 0.3) is 0 Å². The van der Waals surface area contributed by atoms with Crippen LogP contribution in [0.1, 0.15) is 13.3 Å². The molecule has 1 nitrogen and oxygen atoms in total. The van der Waals surface area contributed by atoms with Crippen LogP contribution in [0.15, 0.2) is 0 Å². The fraction of sp³-hybridized carbons (Fsp3) is 1.00. The highest BCUT2D eigenvalue weighted by Gasteiger charge is 2.19. The molecule has 0 saturated heterocycles. The molecule has 0 rings (SSSR count). The first kappa shape index (κ1) is 14.3. The molecule has 0 aliphatic rings. The van der Waals surface area contributed by atoms with Crippen molar-refractivity contribution in [3.05, 3.63) is 0 Å². The van der Waals surface area contributed by atoms with E-state index in [2.05, 4.69) is 32.6 Å². The van der Waals surface area contributed by atoms with Crippen molar-refractivity contribution in [3.63, 3.8) is 0 Å². The molecule has 0 aliphatic heterocycles. The standard InChI is InChI=1S/C7H18OSSi.H4Si/c1-4-8-10(2,3)7-5-6-9;/h9H,4-7H2,1-3H3;1H4. The second-order valence-corrected chi connectivity index (χ2v) is 7.78. The van der Waals surface area contributed by atoms with Gasteiger partial charge in [0.05, 0.1) is 0 Å². The van der Waals surface area contributed by atoms with Crippen molar-refractivity contribution >= 4 is 31.9 Å². The van der Waals surface area contributed by atoms with Gasteiger partial charge < -0.3 is 4.43 Å². The van der Waals surface area contributed by atoms with Gasteiger partial charge in [-0.05, 0) is 49.2 Å². The van der Waals surface area contributed by atoms with Gasteiger partial charge in [-0.2, -0.15) is 12.6 Å². The van der Waals surface area contributed by atoms with Gasteiger partial charge in [-0.15, -0.1) is 0 Å². The summed E-state index contributed by atoms with van der Waals surface area (Å²) in [5.74, 6) is 0.990. The van der Waals surface area contributed by atoms with E-state index in [4.69, 9.17) is 4.43 Å². The molecule has 0 atom stereocenters. The summed E-state index contributed by atoms with van der Waals surface area (Å²) in [6.45, 7) is 7.46. The van der Waals surface area contributed by atoms with Crippen LogP contribution in [0.4, 0.5) is 0 Å². The Balaban J connectivity index is 0. The van der Waals surface area contributed by atoms with E-state index in [9.17, 15) is 0 Å². The second-order valence-electron chi connectivity index (χ2n) is 3.02. The van der Waals surface area contributed by atoms with Crippen LogP contribution in [0.2, 0.25) is 19.1 Å². The van der Waals surface area contributed by atoms with E-state index < -0.39 is 8.32 Å². The lowest BCUT2D eigenvalue weighted by Gasteiger charge is -2.20. The number of hydrogen-bond acceptors (Lipinski definition) is 2. The molecule has 0 radical (unpaired) electrons. The highest BCUT2D eigenvalue weighted by atomic mass is 32.1. The Kier molecular flexibility index (Phi) is 9.60. The Bertz CT molecular complexity index is 88.5. The summed E-state index contributed by atoms with van der Waals surface area (Å²) in [5.41, 5.74) is 0. The average Bonchev–Trinajstić information content (AvgIpc) is 1.84. The molecule has 4 heteroatoms. The van der Waals surface area contributed by atoms with Gasteiger partial charge in [-0.25, -0.2) is 0 Å². The summed E-state index contributed by atoms with van der Waals surface area (Å²) in [6, 6.07) is 1.24. The Morgan fingerprint density at radius 1 is 1.36 bits per heavy atom. The zero-order chi connectivity index (χ0) is 8.04. The van der Waals surface area contributed by atoms with Gasteiger partial charge in [0.25, 0.3) is 0 Å². The minimum absolute atomic E-state index is 0. The zero-order valence-corrected chi connectivity index (χ0v) is 9.08. The molecular weight excluding hydrogens is 188 g/mol. The lowest BCUT2D eigenvalue weighted by Crippen LogP contribution is -2.29. The molecule has 0 unspecified atom stereocenters. The molecule has 0 saturated carbocycles. The predicted octanol–water partition coefficient (Wildman–Crippen LogP) is 1.10. The number of thiol groups is 1. The van der Waals surface area contributed by atoms with Crippen molar-refractivity contribution in [1.29, 1.82) is 0 Å². The van der Waals surface area contributed by atoms with Crippen LogP contribution in [0.3, 0.4) is 0 Å². The molecule has 0 bridgehead atoms. The first-order chi connectivity index (χ1) is 4.62. The predicted molar refractivity (Wildman–Crippen MR) is 63.7 cm³/mol. The zero-order valence-electron chi connectivity index (χ0n) is 7.18. The summed E-state index contributed by atoms with van der Waals surface area (Å²) < 4.78 is 5.64. The molecule has 0 aromatic carbocycles. The van der Waals surface area contributed by atoms with Crippen LogP contribution in [0.5, 0.6) is 0 Å². The maximum atomic E-state index is 5.64. The van der Waals surface area contributed by atoms with E-state index in [0.717, 1.165) is 12.4 Å².